The number of para-hydroxylation sites is 2. The lowest BCUT2D eigenvalue weighted by atomic mass is 10.0. The summed E-state index contributed by atoms with van der Waals surface area (Å²) in [4.78, 5) is 29.6. The van der Waals surface area contributed by atoms with Gasteiger partial charge in [0.15, 0.2) is 0 Å². The van der Waals surface area contributed by atoms with Gasteiger partial charge in [-0.1, -0.05) is 44.2 Å². The zero-order valence-electron chi connectivity index (χ0n) is 16.5. The predicted octanol–water partition coefficient (Wildman–Crippen LogP) is 2.96. The first kappa shape index (κ1) is 19.6. The number of nitrogens with one attached hydrogen (secondary N) is 2. The van der Waals surface area contributed by atoms with Gasteiger partial charge in [-0.3, -0.25) is 14.2 Å². The number of hydrogen-bond acceptors (Lipinski definition) is 4. The van der Waals surface area contributed by atoms with Crippen LogP contribution in [-0.2, 0) is 11.3 Å². The lowest BCUT2D eigenvalue weighted by molar-refractivity contribution is -0.121. The van der Waals surface area contributed by atoms with Crippen molar-refractivity contribution in [1.29, 1.82) is 0 Å². The molecule has 0 saturated carbocycles. The number of nitrogens with zero attached hydrogens (tertiary/aromatic N) is 2. The van der Waals surface area contributed by atoms with Gasteiger partial charge in [-0.25, -0.2) is 4.98 Å². The normalized spacial score (nSPS) is 12.1. The number of hydrogen-bond donors (Lipinski definition) is 2. The molecule has 1 unspecified atom stereocenters. The number of carbonyl (C=O) groups excluding carboxylic acids is 1. The monoisotopic (exact) mass is 378 g/mol. The van der Waals surface area contributed by atoms with Crippen LogP contribution in [0.15, 0.2) is 59.4 Å². The van der Waals surface area contributed by atoms with E-state index in [-0.39, 0.29) is 24.1 Å². The van der Waals surface area contributed by atoms with Gasteiger partial charge >= 0.3 is 0 Å². The molecular formula is C22H26N4O2. The van der Waals surface area contributed by atoms with E-state index in [1.165, 1.54) is 4.57 Å². The minimum atomic E-state index is -0.206. The number of benzene rings is 2. The maximum absolute atomic E-state index is 12.7. The van der Waals surface area contributed by atoms with E-state index in [2.05, 4.69) is 29.5 Å². The van der Waals surface area contributed by atoms with Gasteiger partial charge in [0, 0.05) is 18.3 Å². The van der Waals surface area contributed by atoms with E-state index in [4.69, 9.17) is 0 Å². The Bertz CT molecular complexity index is 1010. The average molecular weight is 378 g/mol. The quantitative estimate of drug-likeness (QED) is 0.663. The summed E-state index contributed by atoms with van der Waals surface area (Å²) in [7, 11) is 0. The number of carbonyl (C=O) groups is 1. The molecule has 6 heteroatoms. The van der Waals surface area contributed by atoms with Crippen molar-refractivity contribution in [2.24, 2.45) is 5.92 Å². The van der Waals surface area contributed by atoms with Crippen LogP contribution in [0.4, 0.5) is 5.69 Å². The van der Waals surface area contributed by atoms with E-state index in [9.17, 15) is 9.59 Å². The van der Waals surface area contributed by atoms with Gasteiger partial charge in [0.05, 0.1) is 10.9 Å². The summed E-state index contributed by atoms with van der Waals surface area (Å²) in [6.07, 6.45) is 0. The lowest BCUT2D eigenvalue weighted by Gasteiger charge is -2.24. The Kier molecular flexibility index (Phi) is 6.09. The van der Waals surface area contributed by atoms with Gasteiger partial charge in [-0.2, -0.15) is 0 Å². The van der Waals surface area contributed by atoms with Crippen LogP contribution in [0.5, 0.6) is 0 Å². The Morgan fingerprint density at radius 1 is 1.07 bits per heavy atom. The molecular weight excluding hydrogens is 352 g/mol. The van der Waals surface area contributed by atoms with Gasteiger partial charge in [0.1, 0.15) is 12.4 Å². The fourth-order valence-corrected chi connectivity index (χ4v) is 3.09. The Balaban J connectivity index is 1.68. The van der Waals surface area contributed by atoms with Crippen molar-refractivity contribution in [3.05, 3.63) is 70.8 Å². The molecule has 0 saturated heterocycles. The Labute approximate surface area is 164 Å². The molecule has 1 heterocycles. The molecule has 0 radical (unpaired) electrons. The summed E-state index contributed by atoms with van der Waals surface area (Å²) >= 11 is 0. The van der Waals surface area contributed by atoms with Crippen LogP contribution < -0.4 is 16.2 Å². The van der Waals surface area contributed by atoms with Crippen LogP contribution in [0.2, 0.25) is 0 Å². The summed E-state index contributed by atoms with van der Waals surface area (Å²) in [6, 6.07) is 17.2. The second kappa shape index (κ2) is 8.69. The molecule has 3 aromatic rings. The van der Waals surface area contributed by atoms with Crippen molar-refractivity contribution < 1.29 is 4.79 Å². The van der Waals surface area contributed by atoms with Crippen LogP contribution in [0.3, 0.4) is 0 Å². The average Bonchev–Trinajstić information content (AvgIpc) is 2.69. The molecule has 28 heavy (non-hydrogen) atoms. The zero-order chi connectivity index (χ0) is 20.1. The summed E-state index contributed by atoms with van der Waals surface area (Å²) < 4.78 is 1.42. The van der Waals surface area contributed by atoms with Gasteiger partial charge in [0.25, 0.3) is 5.56 Å². The van der Waals surface area contributed by atoms with Crippen LogP contribution in [0.25, 0.3) is 10.9 Å². The standard InChI is InChI=1S/C22H26N4O2/c1-15(2)20(25-17-9-5-4-6-10-17)13-23-21(27)14-26-16(3)24-19-12-8-7-11-18(19)22(26)28/h4-12,15,20,25H,13-14H2,1-3H3,(H,23,27). The third-order valence-corrected chi connectivity index (χ3v) is 4.80. The van der Waals surface area contributed by atoms with Crippen molar-refractivity contribution >= 4 is 22.5 Å². The second-order valence-corrected chi connectivity index (χ2v) is 7.23. The SMILES string of the molecule is Cc1nc2ccccc2c(=O)n1CC(=O)NCC(Nc1ccccc1)C(C)C. The van der Waals surface area contributed by atoms with Gasteiger partial charge < -0.3 is 10.6 Å². The van der Waals surface area contributed by atoms with Crippen molar-refractivity contribution in [3.63, 3.8) is 0 Å². The molecule has 0 bridgehead atoms. The highest BCUT2D eigenvalue weighted by Gasteiger charge is 2.16. The highest BCUT2D eigenvalue weighted by atomic mass is 16.2. The molecule has 1 amide bonds. The first-order valence-electron chi connectivity index (χ1n) is 9.50. The van der Waals surface area contributed by atoms with Gasteiger partial charge in [-0.15, -0.1) is 0 Å². The van der Waals surface area contributed by atoms with E-state index >= 15 is 0 Å². The molecule has 0 aliphatic rings. The molecule has 1 aromatic heterocycles. The Morgan fingerprint density at radius 3 is 2.46 bits per heavy atom. The number of anilines is 1. The van der Waals surface area contributed by atoms with E-state index in [1.54, 1.807) is 25.1 Å². The molecule has 0 spiro atoms. The van der Waals surface area contributed by atoms with E-state index < -0.39 is 0 Å². The van der Waals surface area contributed by atoms with Crippen molar-refractivity contribution in [3.8, 4) is 0 Å². The number of aromatic nitrogens is 2. The third-order valence-electron chi connectivity index (χ3n) is 4.80. The topological polar surface area (TPSA) is 76.0 Å². The predicted molar refractivity (Wildman–Crippen MR) is 112 cm³/mol. The first-order valence-corrected chi connectivity index (χ1v) is 9.50. The number of amides is 1. The van der Waals surface area contributed by atoms with Gasteiger partial charge in [0.2, 0.25) is 5.91 Å². The lowest BCUT2D eigenvalue weighted by Crippen LogP contribution is -2.42. The maximum Gasteiger partial charge on any atom is 0.261 e. The number of aryl methyl sites for hydroxylation is 1. The highest BCUT2D eigenvalue weighted by Crippen LogP contribution is 2.12. The first-order chi connectivity index (χ1) is 13.5. The Morgan fingerprint density at radius 2 is 1.75 bits per heavy atom. The van der Waals surface area contributed by atoms with Crippen molar-refractivity contribution in [1.82, 2.24) is 14.9 Å². The number of rotatable bonds is 7. The Hall–Kier alpha value is -3.15. The van der Waals surface area contributed by atoms with Crippen LogP contribution in [-0.4, -0.2) is 28.0 Å². The zero-order valence-corrected chi connectivity index (χ0v) is 16.5. The minimum absolute atomic E-state index is 0.0430. The molecule has 6 nitrogen and oxygen atoms in total. The van der Waals surface area contributed by atoms with E-state index in [0.717, 1.165) is 5.69 Å². The maximum atomic E-state index is 12.7. The molecule has 0 fully saturated rings. The van der Waals surface area contributed by atoms with Crippen LogP contribution in [0.1, 0.15) is 19.7 Å². The second-order valence-electron chi connectivity index (χ2n) is 7.23. The molecule has 0 aliphatic carbocycles. The minimum Gasteiger partial charge on any atom is -0.380 e. The summed E-state index contributed by atoms with van der Waals surface area (Å²) in [5.74, 6) is 0.650. The molecule has 146 valence electrons. The van der Waals surface area contributed by atoms with Crippen molar-refractivity contribution in [2.45, 2.75) is 33.4 Å². The fraction of sp³-hybridized carbons (Fsp3) is 0.318. The molecule has 3 rings (SSSR count). The smallest absolute Gasteiger partial charge is 0.261 e. The summed E-state index contributed by atoms with van der Waals surface area (Å²) in [5, 5.41) is 6.92. The molecule has 2 aromatic carbocycles. The third kappa shape index (κ3) is 4.57. The van der Waals surface area contributed by atoms with Crippen LogP contribution in [0, 0.1) is 12.8 Å². The fourth-order valence-electron chi connectivity index (χ4n) is 3.09. The highest BCUT2D eigenvalue weighted by molar-refractivity contribution is 5.79. The van der Waals surface area contributed by atoms with Crippen molar-refractivity contribution in [2.75, 3.05) is 11.9 Å². The molecule has 1 atom stereocenters. The number of fused-ring (bicyclic) bond motifs is 1. The summed E-state index contributed by atoms with van der Waals surface area (Å²) in [6.45, 7) is 6.39. The molecule has 2 N–H and O–H groups in total. The van der Waals surface area contributed by atoms with Crippen LogP contribution >= 0.6 is 0 Å². The largest absolute Gasteiger partial charge is 0.380 e. The van der Waals surface area contributed by atoms with E-state index in [0.29, 0.717) is 29.2 Å². The van der Waals surface area contributed by atoms with Gasteiger partial charge in [-0.05, 0) is 37.1 Å². The molecule has 0 aliphatic heterocycles. The van der Waals surface area contributed by atoms with E-state index in [1.807, 2.05) is 36.4 Å². The summed E-state index contributed by atoms with van der Waals surface area (Å²) in [5.41, 5.74) is 1.47.